The van der Waals surface area contributed by atoms with Crippen LogP contribution < -0.4 is 9.64 Å². The van der Waals surface area contributed by atoms with Crippen molar-refractivity contribution >= 4 is 23.3 Å². The van der Waals surface area contributed by atoms with Gasteiger partial charge in [-0.1, -0.05) is 11.6 Å². The second-order valence-corrected chi connectivity index (χ2v) is 4.00. The highest BCUT2D eigenvalue weighted by atomic mass is 35.5. The number of halogens is 1. The minimum Gasteiger partial charge on any atom is -0.489 e. The number of benzene rings is 1. The van der Waals surface area contributed by atoms with Gasteiger partial charge >= 0.3 is 5.97 Å². The Hall–Kier alpha value is -1.42. The summed E-state index contributed by atoms with van der Waals surface area (Å²) < 4.78 is 10.2. The van der Waals surface area contributed by atoms with E-state index in [4.69, 9.17) is 21.1 Å². The number of carbonyl (C=O) groups is 1. The van der Waals surface area contributed by atoms with Crippen LogP contribution in [0.4, 0.5) is 5.69 Å². The lowest BCUT2D eigenvalue weighted by Gasteiger charge is -2.28. The van der Waals surface area contributed by atoms with Crippen molar-refractivity contribution in [1.29, 1.82) is 0 Å². The van der Waals surface area contributed by atoms with E-state index in [2.05, 4.69) is 0 Å². The first kappa shape index (κ1) is 11.1. The van der Waals surface area contributed by atoms with Crippen LogP contribution >= 0.6 is 11.6 Å². The van der Waals surface area contributed by atoms with Crippen LogP contribution in [0.15, 0.2) is 12.1 Å². The molecule has 1 heterocycles. The molecule has 0 aromatic heterocycles. The topological polar surface area (TPSA) is 38.8 Å². The van der Waals surface area contributed by atoms with Crippen LogP contribution in [-0.4, -0.2) is 33.3 Å². The molecular weight excluding hydrogens is 230 g/mol. The Labute approximate surface area is 98.7 Å². The number of hydrogen-bond acceptors (Lipinski definition) is 4. The molecule has 1 aliphatic rings. The van der Waals surface area contributed by atoms with E-state index in [1.807, 2.05) is 11.9 Å². The largest absolute Gasteiger partial charge is 0.489 e. The summed E-state index contributed by atoms with van der Waals surface area (Å²) in [6.07, 6.45) is 0. The summed E-state index contributed by atoms with van der Waals surface area (Å²) in [7, 11) is 3.26. The van der Waals surface area contributed by atoms with Gasteiger partial charge in [0.25, 0.3) is 0 Å². The predicted octanol–water partition coefficient (Wildman–Crippen LogP) is 1.96. The lowest BCUT2D eigenvalue weighted by molar-refractivity contribution is 0.0596. The number of fused-ring (bicyclic) bond motifs is 1. The summed E-state index contributed by atoms with van der Waals surface area (Å²) >= 11 is 5.96. The Balaban J connectivity index is 2.57. The monoisotopic (exact) mass is 241 g/mol. The van der Waals surface area contributed by atoms with Crippen LogP contribution in [0, 0.1) is 0 Å². The van der Waals surface area contributed by atoms with E-state index < -0.39 is 5.97 Å². The molecule has 86 valence electrons. The summed E-state index contributed by atoms with van der Waals surface area (Å²) in [5, 5.41) is 0.497. The highest BCUT2D eigenvalue weighted by Gasteiger charge is 2.23. The maximum Gasteiger partial charge on any atom is 0.341 e. The van der Waals surface area contributed by atoms with Gasteiger partial charge in [-0.2, -0.15) is 0 Å². The van der Waals surface area contributed by atoms with E-state index in [9.17, 15) is 4.79 Å². The smallest absolute Gasteiger partial charge is 0.341 e. The van der Waals surface area contributed by atoms with E-state index >= 15 is 0 Å². The van der Waals surface area contributed by atoms with Crippen molar-refractivity contribution in [2.75, 3.05) is 32.2 Å². The van der Waals surface area contributed by atoms with E-state index in [0.29, 0.717) is 22.9 Å². The highest BCUT2D eigenvalue weighted by Crippen LogP contribution is 2.37. The number of anilines is 1. The summed E-state index contributed by atoms with van der Waals surface area (Å²) in [5.74, 6) is 0.110. The minimum atomic E-state index is -0.436. The van der Waals surface area contributed by atoms with Crippen LogP contribution in [0.2, 0.25) is 5.02 Å². The van der Waals surface area contributed by atoms with Crippen molar-refractivity contribution in [3.05, 3.63) is 22.7 Å². The summed E-state index contributed by atoms with van der Waals surface area (Å²) in [6.45, 7) is 1.32. The van der Waals surface area contributed by atoms with Crippen molar-refractivity contribution in [1.82, 2.24) is 0 Å². The van der Waals surface area contributed by atoms with Gasteiger partial charge < -0.3 is 14.4 Å². The zero-order valence-corrected chi connectivity index (χ0v) is 9.87. The summed E-state index contributed by atoms with van der Waals surface area (Å²) in [4.78, 5) is 13.6. The summed E-state index contributed by atoms with van der Waals surface area (Å²) in [5.41, 5.74) is 1.19. The van der Waals surface area contributed by atoms with Crippen LogP contribution in [-0.2, 0) is 4.74 Å². The first-order valence-corrected chi connectivity index (χ1v) is 5.27. The molecule has 0 spiro atoms. The van der Waals surface area contributed by atoms with Gasteiger partial charge in [0.2, 0.25) is 0 Å². The molecule has 0 saturated heterocycles. The first-order chi connectivity index (χ1) is 7.63. The maximum absolute atomic E-state index is 11.6. The molecule has 0 bridgehead atoms. The molecular formula is C11H12ClNO3. The van der Waals surface area contributed by atoms with Crippen molar-refractivity contribution < 1.29 is 14.3 Å². The molecule has 0 fully saturated rings. The maximum atomic E-state index is 11.6. The fraction of sp³-hybridized carbons (Fsp3) is 0.364. The molecule has 0 atom stereocenters. The van der Waals surface area contributed by atoms with Gasteiger partial charge in [-0.15, -0.1) is 0 Å². The molecule has 1 aliphatic heterocycles. The van der Waals surface area contributed by atoms with Gasteiger partial charge in [-0.25, -0.2) is 4.79 Å². The Morgan fingerprint density at radius 3 is 3.00 bits per heavy atom. The molecule has 0 N–H and O–H groups in total. The second-order valence-electron chi connectivity index (χ2n) is 3.56. The number of rotatable bonds is 1. The van der Waals surface area contributed by atoms with E-state index in [1.165, 1.54) is 7.11 Å². The van der Waals surface area contributed by atoms with Crippen molar-refractivity contribution in [3.8, 4) is 5.75 Å². The molecule has 1 aromatic rings. The lowest BCUT2D eigenvalue weighted by atomic mass is 10.1. The van der Waals surface area contributed by atoms with Gasteiger partial charge in [-0.3, -0.25) is 0 Å². The molecule has 5 heteroatoms. The minimum absolute atomic E-state index is 0.372. The predicted molar refractivity (Wildman–Crippen MR) is 61.6 cm³/mol. The molecule has 4 nitrogen and oxygen atoms in total. The number of carbonyl (C=O) groups excluding carboxylic acids is 1. The van der Waals surface area contributed by atoms with Crippen molar-refractivity contribution in [2.45, 2.75) is 0 Å². The number of hydrogen-bond donors (Lipinski definition) is 0. The molecule has 0 amide bonds. The lowest BCUT2D eigenvalue weighted by Crippen LogP contribution is -2.29. The SMILES string of the molecule is COC(=O)c1cc(Cl)cc2c1OCCN2C. The average molecular weight is 242 g/mol. The summed E-state index contributed by atoms with van der Waals surface area (Å²) in [6, 6.07) is 3.34. The Kier molecular flexibility index (Phi) is 2.92. The number of ether oxygens (including phenoxy) is 2. The first-order valence-electron chi connectivity index (χ1n) is 4.89. The van der Waals surface area contributed by atoms with Gasteiger partial charge in [0.15, 0.2) is 5.75 Å². The quantitative estimate of drug-likeness (QED) is 0.705. The zero-order chi connectivity index (χ0) is 11.7. The third-order valence-corrected chi connectivity index (χ3v) is 2.74. The highest BCUT2D eigenvalue weighted by molar-refractivity contribution is 6.31. The van der Waals surface area contributed by atoms with Crippen LogP contribution in [0.5, 0.6) is 5.75 Å². The van der Waals surface area contributed by atoms with Gasteiger partial charge in [0.1, 0.15) is 12.2 Å². The number of methoxy groups -OCH3 is 1. The molecule has 2 rings (SSSR count). The van der Waals surface area contributed by atoms with Gasteiger partial charge in [0, 0.05) is 12.1 Å². The molecule has 0 saturated carbocycles. The third kappa shape index (κ3) is 1.80. The number of esters is 1. The van der Waals surface area contributed by atoms with Gasteiger partial charge in [0.05, 0.1) is 19.3 Å². The van der Waals surface area contributed by atoms with Crippen LogP contribution in [0.1, 0.15) is 10.4 Å². The molecule has 1 aromatic carbocycles. The molecule has 16 heavy (non-hydrogen) atoms. The van der Waals surface area contributed by atoms with Crippen LogP contribution in [0.3, 0.4) is 0 Å². The second kappa shape index (κ2) is 4.22. The Morgan fingerprint density at radius 2 is 2.31 bits per heavy atom. The Bertz CT molecular complexity index is 433. The Morgan fingerprint density at radius 1 is 1.56 bits per heavy atom. The van der Waals surface area contributed by atoms with Gasteiger partial charge in [-0.05, 0) is 12.1 Å². The third-order valence-electron chi connectivity index (χ3n) is 2.52. The fourth-order valence-electron chi connectivity index (χ4n) is 1.68. The normalized spacial score (nSPS) is 14.1. The fourth-order valence-corrected chi connectivity index (χ4v) is 1.89. The molecule has 0 radical (unpaired) electrons. The standard InChI is InChI=1S/C11H12ClNO3/c1-13-3-4-16-10-8(11(14)15-2)5-7(12)6-9(10)13/h5-6H,3-4H2,1-2H3. The van der Waals surface area contributed by atoms with E-state index in [0.717, 1.165) is 12.2 Å². The molecule has 0 aliphatic carbocycles. The average Bonchev–Trinajstić information content (AvgIpc) is 2.28. The van der Waals surface area contributed by atoms with Crippen molar-refractivity contribution in [2.24, 2.45) is 0 Å². The molecule has 0 unspecified atom stereocenters. The van der Waals surface area contributed by atoms with E-state index in [-0.39, 0.29) is 0 Å². The number of likely N-dealkylation sites (N-methyl/N-ethyl adjacent to an activating group) is 1. The van der Waals surface area contributed by atoms with Crippen molar-refractivity contribution in [3.63, 3.8) is 0 Å². The number of nitrogens with zero attached hydrogens (tertiary/aromatic N) is 1. The van der Waals surface area contributed by atoms with Crippen LogP contribution in [0.25, 0.3) is 0 Å². The van der Waals surface area contributed by atoms with E-state index in [1.54, 1.807) is 12.1 Å². The zero-order valence-electron chi connectivity index (χ0n) is 9.12.